The molecule has 0 fully saturated rings. The van der Waals surface area contributed by atoms with Crippen LogP contribution in [-0.4, -0.2) is 18.3 Å². The molecule has 0 aliphatic heterocycles. The fraction of sp³-hybridized carbons (Fsp3) is 0.667. The Morgan fingerprint density at radius 2 is 1.75 bits per heavy atom. The van der Waals surface area contributed by atoms with Crippen LogP contribution in [0.15, 0.2) is 29.2 Å². The maximum Gasteiger partial charge on any atom is 0.0191 e. The van der Waals surface area contributed by atoms with Gasteiger partial charge in [0, 0.05) is 16.7 Å². The standard InChI is InChI=1S/C18H31NS/c1-6-7-8-13-19-14-15(2)20-17-11-9-16(10-12-17)18(3,4)5/h9-12,15,19H,6-8,13-14H2,1-5H3. The normalized spacial score (nSPS) is 13.4. The Labute approximate surface area is 129 Å². The number of unbranched alkanes of at least 4 members (excludes halogenated alkanes) is 2. The fourth-order valence-electron chi connectivity index (χ4n) is 2.11. The molecule has 1 aromatic rings. The first-order valence-electron chi connectivity index (χ1n) is 7.91. The van der Waals surface area contributed by atoms with Crippen molar-refractivity contribution in [2.45, 2.75) is 69.4 Å². The first-order chi connectivity index (χ1) is 9.43. The second-order valence-corrected chi connectivity index (χ2v) is 8.13. The number of hydrogen-bond acceptors (Lipinski definition) is 2. The van der Waals surface area contributed by atoms with Crippen LogP contribution >= 0.6 is 11.8 Å². The Balaban J connectivity index is 2.33. The molecule has 0 aliphatic rings. The molecule has 0 aliphatic carbocycles. The second-order valence-electron chi connectivity index (χ2n) is 6.61. The van der Waals surface area contributed by atoms with Crippen molar-refractivity contribution in [3.8, 4) is 0 Å². The van der Waals surface area contributed by atoms with E-state index in [9.17, 15) is 0 Å². The number of thioether (sulfide) groups is 1. The molecule has 20 heavy (non-hydrogen) atoms. The summed E-state index contributed by atoms with van der Waals surface area (Å²) >= 11 is 1.96. The zero-order chi connectivity index (χ0) is 15.0. The van der Waals surface area contributed by atoms with Gasteiger partial charge in [0.25, 0.3) is 0 Å². The zero-order valence-electron chi connectivity index (χ0n) is 13.8. The molecule has 2 heteroatoms. The van der Waals surface area contributed by atoms with Crippen LogP contribution in [0.2, 0.25) is 0 Å². The summed E-state index contributed by atoms with van der Waals surface area (Å²) in [6.45, 7) is 13.6. The highest BCUT2D eigenvalue weighted by molar-refractivity contribution is 8.00. The van der Waals surface area contributed by atoms with Gasteiger partial charge in [-0.15, -0.1) is 11.8 Å². The van der Waals surface area contributed by atoms with Gasteiger partial charge in [0.1, 0.15) is 0 Å². The van der Waals surface area contributed by atoms with Gasteiger partial charge < -0.3 is 5.32 Å². The third-order valence-electron chi connectivity index (χ3n) is 3.45. The van der Waals surface area contributed by atoms with Crippen LogP contribution in [-0.2, 0) is 5.41 Å². The maximum atomic E-state index is 3.56. The van der Waals surface area contributed by atoms with Crippen molar-refractivity contribution >= 4 is 11.8 Å². The largest absolute Gasteiger partial charge is 0.316 e. The maximum absolute atomic E-state index is 3.56. The van der Waals surface area contributed by atoms with Crippen molar-refractivity contribution in [1.82, 2.24) is 5.32 Å². The molecule has 0 bridgehead atoms. The molecule has 1 aromatic carbocycles. The molecule has 0 saturated heterocycles. The lowest BCUT2D eigenvalue weighted by Gasteiger charge is -2.19. The Bertz CT molecular complexity index is 364. The van der Waals surface area contributed by atoms with Crippen molar-refractivity contribution < 1.29 is 0 Å². The molecule has 0 heterocycles. The summed E-state index contributed by atoms with van der Waals surface area (Å²) in [4.78, 5) is 1.38. The highest BCUT2D eigenvalue weighted by Gasteiger charge is 2.13. The van der Waals surface area contributed by atoms with E-state index in [2.05, 4.69) is 64.2 Å². The van der Waals surface area contributed by atoms with Crippen LogP contribution in [0.1, 0.15) is 59.4 Å². The fourth-order valence-corrected chi connectivity index (χ4v) is 3.07. The van der Waals surface area contributed by atoms with E-state index in [-0.39, 0.29) is 5.41 Å². The minimum atomic E-state index is 0.246. The third kappa shape index (κ3) is 6.81. The molecule has 0 spiro atoms. The molecule has 0 amide bonds. The molecular formula is C18H31NS. The van der Waals surface area contributed by atoms with Crippen LogP contribution in [0.3, 0.4) is 0 Å². The summed E-state index contributed by atoms with van der Waals surface area (Å²) in [6.07, 6.45) is 3.93. The topological polar surface area (TPSA) is 12.0 Å². The summed E-state index contributed by atoms with van der Waals surface area (Å²) in [5.74, 6) is 0. The summed E-state index contributed by atoms with van der Waals surface area (Å²) < 4.78 is 0. The van der Waals surface area contributed by atoms with Crippen molar-refractivity contribution in [3.63, 3.8) is 0 Å². The first-order valence-corrected chi connectivity index (χ1v) is 8.79. The summed E-state index contributed by atoms with van der Waals surface area (Å²) in [5, 5.41) is 4.18. The van der Waals surface area contributed by atoms with Crippen LogP contribution in [0.25, 0.3) is 0 Å². The van der Waals surface area contributed by atoms with E-state index < -0.39 is 0 Å². The monoisotopic (exact) mass is 293 g/mol. The number of benzene rings is 1. The SMILES string of the molecule is CCCCCNCC(C)Sc1ccc(C(C)(C)C)cc1. The lowest BCUT2D eigenvalue weighted by Crippen LogP contribution is -2.23. The Kier molecular flexibility index (Phi) is 7.68. The van der Waals surface area contributed by atoms with Crippen LogP contribution in [0.4, 0.5) is 0 Å². The highest BCUT2D eigenvalue weighted by atomic mass is 32.2. The molecular weight excluding hydrogens is 262 g/mol. The van der Waals surface area contributed by atoms with E-state index >= 15 is 0 Å². The van der Waals surface area contributed by atoms with E-state index in [4.69, 9.17) is 0 Å². The summed E-state index contributed by atoms with van der Waals surface area (Å²) in [6, 6.07) is 9.06. The predicted molar refractivity (Wildman–Crippen MR) is 92.9 cm³/mol. The lowest BCUT2D eigenvalue weighted by atomic mass is 9.87. The van der Waals surface area contributed by atoms with Crippen LogP contribution < -0.4 is 5.32 Å². The highest BCUT2D eigenvalue weighted by Crippen LogP contribution is 2.27. The Morgan fingerprint density at radius 3 is 2.30 bits per heavy atom. The first kappa shape index (κ1) is 17.6. The molecule has 1 N–H and O–H groups in total. The molecule has 1 nitrogen and oxygen atoms in total. The average Bonchev–Trinajstić information content (AvgIpc) is 2.38. The Hall–Kier alpha value is -0.470. The minimum absolute atomic E-state index is 0.246. The van der Waals surface area contributed by atoms with Gasteiger partial charge >= 0.3 is 0 Å². The van der Waals surface area contributed by atoms with Gasteiger partial charge in [-0.1, -0.05) is 59.6 Å². The molecule has 0 radical (unpaired) electrons. The van der Waals surface area contributed by atoms with Crippen molar-refractivity contribution in [2.24, 2.45) is 0 Å². The van der Waals surface area contributed by atoms with E-state index in [0.29, 0.717) is 5.25 Å². The molecule has 0 aromatic heterocycles. The van der Waals surface area contributed by atoms with E-state index in [1.165, 1.54) is 29.7 Å². The van der Waals surface area contributed by atoms with Crippen molar-refractivity contribution in [3.05, 3.63) is 29.8 Å². The quantitative estimate of drug-likeness (QED) is 0.519. The second kappa shape index (κ2) is 8.74. The van der Waals surface area contributed by atoms with E-state index in [1.807, 2.05) is 11.8 Å². The van der Waals surface area contributed by atoms with Gasteiger partial charge in [-0.05, 0) is 36.1 Å². The minimum Gasteiger partial charge on any atom is -0.316 e. The average molecular weight is 294 g/mol. The molecule has 114 valence electrons. The van der Waals surface area contributed by atoms with Crippen LogP contribution in [0, 0.1) is 0 Å². The third-order valence-corrected chi connectivity index (χ3v) is 4.56. The molecule has 1 rings (SSSR count). The lowest BCUT2D eigenvalue weighted by molar-refractivity contribution is 0.589. The van der Waals surface area contributed by atoms with E-state index in [1.54, 1.807) is 0 Å². The zero-order valence-corrected chi connectivity index (χ0v) is 14.6. The van der Waals surface area contributed by atoms with Gasteiger partial charge in [0.15, 0.2) is 0 Å². The van der Waals surface area contributed by atoms with Crippen molar-refractivity contribution in [1.29, 1.82) is 0 Å². The summed E-state index contributed by atoms with van der Waals surface area (Å²) in [5.41, 5.74) is 1.66. The van der Waals surface area contributed by atoms with E-state index in [0.717, 1.165) is 13.1 Å². The molecule has 1 unspecified atom stereocenters. The summed E-state index contributed by atoms with van der Waals surface area (Å²) in [7, 11) is 0. The van der Waals surface area contributed by atoms with Gasteiger partial charge in [0.2, 0.25) is 0 Å². The molecule has 1 atom stereocenters. The number of hydrogen-bond donors (Lipinski definition) is 1. The van der Waals surface area contributed by atoms with Crippen molar-refractivity contribution in [2.75, 3.05) is 13.1 Å². The van der Waals surface area contributed by atoms with Gasteiger partial charge in [-0.3, -0.25) is 0 Å². The Morgan fingerprint density at radius 1 is 1.10 bits per heavy atom. The van der Waals surface area contributed by atoms with Crippen LogP contribution in [0.5, 0.6) is 0 Å². The van der Waals surface area contributed by atoms with Gasteiger partial charge in [0.05, 0.1) is 0 Å². The van der Waals surface area contributed by atoms with Gasteiger partial charge in [-0.25, -0.2) is 0 Å². The number of nitrogens with one attached hydrogen (secondary N) is 1. The van der Waals surface area contributed by atoms with Gasteiger partial charge in [-0.2, -0.15) is 0 Å². The number of rotatable bonds is 8. The molecule has 0 saturated carbocycles. The predicted octanol–water partition coefficient (Wildman–Crippen LogP) is 5.24. The smallest absolute Gasteiger partial charge is 0.0191 e.